The molecule has 1 saturated heterocycles. The van der Waals surface area contributed by atoms with Gasteiger partial charge in [0.05, 0.1) is 24.6 Å². The number of carbonyl (C=O) groups excluding carboxylic acids is 2. The summed E-state index contributed by atoms with van der Waals surface area (Å²) in [4.78, 5) is 48.5. The summed E-state index contributed by atoms with van der Waals surface area (Å²) in [5.41, 5.74) is 1.35. The van der Waals surface area contributed by atoms with Gasteiger partial charge < -0.3 is 14.0 Å². The first kappa shape index (κ1) is 24.3. The molecule has 0 N–H and O–H groups in total. The Balaban J connectivity index is 1.77. The Hall–Kier alpha value is -4.37. The molecule has 0 saturated carbocycles. The lowest BCUT2D eigenvalue weighted by molar-refractivity contribution is -0.113. The highest BCUT2D eigenvalue weighted by atomic mass is 16.5. The number of carbonyl (C=O) groups is 2. The molecule has 1 amide bonds. The Kier molecular flexibility index (Phi) is 7.04. The number of pyridine rings is 2. The van der Waals surface area contributed by atoms with Crippen LogP contribution < -0.4 is 11.0 Å². The van der Waals surface area contributed by atoms with Gasteiger partial charge in [-0.1, -0.05) is 36.4 Å². The van der Waals surface area contributed by atoms with Crippen molar-refractivity contribution in [3.63, 3.8) is 0 Å². The van der Waals surface area contributed by atoms with Crippen LogP contribution in [0.15, 0.2) is 76.7 Å². The molecule has 1 fully saturated rings. The topological polar surface area (TPSA) is 104 Å². The van der Waals surface area contributed by atoms with E-state index in [1.807, 2.05) is 30.3 Å². The fourth-order valence-electron chi connectivity index (χ4n) is 4.40. The molecular formula is C28H26N4O5. The maximum atomic E-state index is 13.4. The van der Waals surface area contributed by atoms with E-state index in [0.29, 0.717) is 17.9 Å². The SMILES string of the molecule is CCOC(=O)c1cc2c(=O)n3ccccc3nc2n(C[C@@H]2CCCO2)c1=NC(=O)/C=C/c1ccccc1. The van der Waals surface area contributed by atoms with Crippen molar-refractivity contribution in [3.05, 3.63) is 93.8 Å². The molecule has 1 atom stereocenters. The third-order valence-corrected chi connectivity index (χ3v) is 6.13. The van der Waals surface area contributed by atoms with Crippen molar-refractivity contribution >= 4 is 34.6 Å². The minimum Gasteiger partial charge on any atom is -0.462 e. The Morgan fingerprint density at radius 1 is 1.19 bits per heavy atom. The van der Waals surface area contributed by atoms with Crippen molar-refractivity contribution in [2.45, 2.75) is 32.4 Å². The van der Waals surface area contributed by atoms with Crippen LogP contribution in [0.4, 0.5) is 0 Å². The molecule has 0 aliphatic carbocycles. The van der Waals surface area contributed by atoms with Crippen LogP contribution in [0.1, 0.15) is 35.7 Å². The summed E-state index contributed by atoms with van der Waals surface area (Å²) in [6, 6.07) is 16.0. The van der Waals surface area contributed by atoms with Crippen LogP contribution in [-0.2, 0) is 20.8 Å². The fourth-order valence-corrected chi connectivity index (χ4v) is 4.40. The van der Waals surface area contributed by atoms with Gasteiger partial charge in [-0.2, -0.15) is 4.99 Å². The third-order valence-electron chi connectivity index (χ3n) is 6.13. The Morgan fingerprint density at radius 3 is 2.76 bits per heavy atom. The molecule has 188 valence electrons. The van der Waals surface area contributed by atoms with E-state index in [1.165, 1.54) is 16.5 Å². The normalized spacial score (nSPS) is 16.1. The highest BCUT2D eigenvalue weighted by Gasteiger charge is 2.23. The largest absolute Gasteiger partial charge is 0.462 e. The number of hydrogen-bond acceptors (Lipinski definition) is 6. The molecule has 1 aliphatic rings. The summed E-state index contributed by atoms with van der Waals surface area (Å²) in [7, 11) is 0. The summed E-state index contributed by atoms with van der Waals surface area (Å²) < 4.78 is 14.2. The van der Waals surface area contributed by atoms with Gasteiger partial charge in [0, 0.05) is 18.9 Å². The molecule has 37 heavy (non-hydrogen) atoms. The number of aromatic nitrogens is 3. The lowest BCUT2D eigenvalue weighted by Gasteiger charge is -2.17. The van der Waals surface area contributed by atoms with E-state index >= 15 is 0 Å². The smallest absolute Gasteiger partial charge is 0.341 e. The molecule has 3 aromatic heterocycles. The van der Waals surface area contributed by atoms with Crippen LogP contribution in [0.2, 0.25) is 0 Å². The Morgan fingerprint density at radius 2 is 2.00 bits per heavy atom. The van der Waals surface area contributed by atoms with Gasteiger partial charge in [-0.25, -0.2) is 9.78 Å². The maximum Gasteiger partial charge on any atom is 0.341 e. The molecule has 5 rings (SSSR count). The molecule has 0 radical (unpaired) electrons. The fraction of sp³-hybridized carbons (Fsp3) is 0.250. The first-order valence-electron chi connectivity index (χ1n) is 12.2. The van der Waals surface area contributed by atoms with Gasteiger partial charge in [0.25, 0.3) is 11.5 Å². The number of rotatable bonds is 6. The van der Waals surface area contributed by atoms with Crippen molar-refractivity contribution in [3.8, 4) is 0 Å². The van der Waals surface area contributed by atoms with Gasteiger partial charge in [0.1, 0.15) is 16.9 Å². The number of fused-ring (bicyclic) bond motifs is 2. The van der Waals surface area contributed by atoms with Gasteiger partial charge in [-0.05, 0) is 49.6 Å². The molecule has 1 aromatic carbocycles. The van der Waals surface area contributed by atoms with E-state index in [2.05, 4.69) is 4.99 Å². The summed E-state index contributed by atoms with van der Waals surface area (Å²) in [6.07, 6.45) is 6.13. The number of nitrogens with zero attached hydrogens (tertiary/aromatic N) is 4. The second kappa shape index (κ2) is 10.7. The molecule has 0 unspecified atom stereocenters. The summed E-state index contributed by atoms with van der Waals surface area (Å²) in [6.45, 7) is 2.70. The Labute approximate surface area is 212 Å². The summed E-state index contributed by atoms with van der Waals surface area (Å²) >= 11 is 0. The average Bonchev–Trinajstić information content (AvgIpc) is 3.43. The molecule has 1 aliphatic heterocycles. The maximum absolute atomic E-state index is 13.4. The molecule has 4 heterocycles. The minimum atomic E-state index is -0.679. The number of amides is 1. The highest BCUT2D eigenvalue weighted by Crippen LogP contribution is 2.17. The quantitative estimate of drug-likeness (QED) is 0.230. The zero-order chi connectivity index (χ0) is 25.8. The van der Waals surface area contributed by atoms with E-state index < -0.39 is 11.9 Å². The standard InChI is InChI=1S/C28H26N4O5/c1-2-36-28(35)22-17-21-25(29-23-12-6-7-15-31(23)27(21)34)32(18-20-11-8-16-37-20)26(22)30-24(33)14-13-19-9-4-3-5-10-19/h3-7,9-10,12-15,17,20H,2,8,11,16,18H2,1H3/b14-13+,30-26?/t20-/m0/s1. The van der Waals surface area contributed by atoms with Gasteiger partial charge >= 0.3 is 5.97 Å². The van der Waals surface area contributed by atoms with Crippen LogP contribution in [0.3, 0.4) is 0 Å². The number of ether oxygens (including phenoxy) is 2. The number of esters is 1. The monoisotopic (exact) mass is 498 g/mol. The first-order chi connectivity index (χ1) is 18.0. The zero-order valence-corrected chi connectivity index (χ0v) is 20.4. The van der Waals surface area contributed by atoms with Crippen LogP contribution in [0, 0.1) is 0 Å². The minimum absolute atomic E-state index is 0.0172. The van der Waals surface area contributed by atoms with Crippen LogP contribution >= 0.6 is 0 Å². The van der Waals surface area contributed by atoms with Crippen molar-refractivity contribution < 1.29 is 19.1 Å². The Bertz CT molecular complexity index is 1630. The van der Waals surface area contributed by atoms with Crippen molar-refractivity contribution in [1.82, 2.24) is 14.0 Å². The van der Waals surface area contributed by atoms with E-state index in [4.69, 9.17) is 14.5 Å². The molecule has 9 nitrogen and oxygen atoms in total. The van der Waals surface area contributed by atoms with Crippen LogP contribution in [-0.4, -0.2) is 45.1 Å². The molecule has 9 heteroatoms. The highest BCUT2D eigenvalue weighted by molar-refractivity contribution is 5.95. The van der Waals surface area contributed by atoms with E-state index in [9.17, 15) is 14.4 Å². The van der Waals surface area contributed by atoms with Gasteiger partial charge in [0.15, 0.2) is 5.49 Å². The van der Waals surface area contributed by atoms with E-state index in [-0.39, 0.29) is 41.3 Å². The van der Waals surface area contributed by atoms with Gasteiger partial charge in [-0.15, -0.1) is 0 Å². The molecule has 0 spiro atoms. The van der Waals surface area contributed by atoms with Gasteiger partial charge in [0.2, 0.25) is 0 Å². The van der Waals surface area contributed by atoms with E-state index in [1.54, 1.807) is 42.0 Å². The number of benzene rings is 1. The zero-order valence-electron chi connectivity index (χ0n) is 20.4. The predicted octanol–water partition coefficient (Wildman–Crippen LogP) is 3.15. The summed E-state index contributed by atoms with van der Waals surface area (Å²) in [5.74, 6) is -1.24. The van der Waals surface area contributed by atoms with E-state index in [0.717, 1.165) is 18.4 Å². The van der Waals surface area contributed by atoms with Crippen molar-refractivity contribution in [1.29, 1.82) is 0 Å². The first-order valence-corrected chi connectivity index (χ1v) is 12.2. The lowest BCUT2D eigenvalue weighted by atomic mass is 10.2. The molecule has 4 aromatic rings. The van der Waals surface area contributed by atoms with Crippen LogP contribution in [0.5, 0.6) is 0 Å². The lowest BCUT2D eigenvalue weighted by Crippen LogP contribution is -2.35. The van der Waals surface area contributed by atoms with Crippen molar-refractivity contribution in [2.24, 2.45) is 4.99 Å². The second-order valence-corrected chi connectivity index (χ2v) is 8.62. The third kappa shape index (κ3) is 5.12. The summed E-state index contributed by atoms with van der Waals surface area (Å²) in [5, 5.41) is 0.218. The van der Waals surface area contributed by atoms with Crippen molar-refractivity contribution in [2.75, 3.05) is 13.2 Å². The molecule has 0 bridgehead atoms. The second-order valence-electron chi connectivity index (χ2n) is 8.62. The predicted molar refractivity (Wildman–Crippen MR) is 138 cm³/mol. The number of hydrogen-bond donors (Lipinski definition) is 0. The van der Waals surface area contributed by atoms with Gasteiger partial charge in [-0.3, -0.25) is 14.0 Å². The molecular weight excluding hydrogens is 472 g/mol. The average molecular weight is 499 g/mol. The van der Waals surface area contributed by atoms with Crippen LogP contribution in [0.25, 0.3) is 22.8 Å².